The molecule has 2 N–H and O–H groups in total. The van der Waals surface area contributed by atoms with Crippen LogP contribution >= 0.6 is 0 Å². The van der Waals surface area contributed by atoms with Gasteiger partial charge in [-0.25, -0.2) is 9.78 Å². The Morgan fingerprint density at radius 2 is 2.14 bits per heavy atom. The number of nitrogens with one attached hydrogen (secondary N) is 1. The Morgan fingerprint density at radius 1 is 1.38 bits per heavy atom. The van der Waals surface area contributed by atoms with Crippen molar-refractivity contribution in [3.8, 4) is 0 Å². The van der Waals surface area contributed by atoms with Crippen molar-refractivity contribution in [1.82, 2.24) is 4.98 Å². The summed E-state index contributed by atoms with van der Waals surface area (Å²) in [6, 6.07) is 8.57. The quantitative estimate of drug-likeness (QED) is 0.857. The average Bonchev–Trinajstić information content (AvgIpc) is 2.46. The molecule has 1 heterocycles. The number of fused-ring (bicyclic) bond motifs is 1. The van der Waals surface area contributed by atoms with Crippen LogP contribution in [0.3, 0.4) is 0 Å². The van der Waals surface area contributed by atoms with Gasteiger partial charge in [-0.1, -0.05) is 13.0 Å². The minimum absolute atomic E-state index is 0.136. The van der Waals surface area contributed by atoms with E-state index >= 15 is 0 Å². The molecule has 2 atom stereocenters. The Kier molecular flexibility index (Phi) is 4.90. The van der Waals surface area contributed by atoms with Crippen molar-refractivity contribution in [1.29, 1.82) is 0 Å². The molecule has 1 aromatic heterocycles. The standard InChI is InChI=1S/C15H18N2O3S/c1-10(21(2)20)8-9-16-14-7-6-11-12(15(18)19)4-3-5-13(11)17-14/h3-7,10H,8-9H2,1-2H3,(H,16,17)(H,18,19). The first-order chi connectivity index (χ1) is 9.99. The van der Waals surface area contributed by atoms with E-state index in [1.807, 2.05) is 6.92 Å². The third kappa shape index (κ3) is 3.78. The number of carboxylic acids is 1. The van der Waals surface area contributed by atoms with E-state index in [4.69, 9.17) is 5.11 Å². The van der Waals surface area contributed by atoms with Gasteiger partial charge in [0.25, 0.3) is 0 Å². The first-order valence-electron chi connectivity index (χ1n) is 6.68. The molecule has 6 heteroatoms. The number of carboxylic acid groups (broad SMARTS) is 1. The molecule has 0 spiro atoms. The maximum atomic E-state index is 11.3. The summed E-state index contributed by atoms with van der Waals surface area (Å²) in [6.45, 7) is 2.63. The number of anilines is 1. The summed E-state index contributed by atoms with van der Waals surface area (Å²) < 4.78 is 11.3. The summed E-state index contributed by atoms with van der Waals surface area (Å²) >= 11 is 0. The normalized spacial score (nSPS) is 13.8. The zero-order valence-corrected chi connectivity index (χ0v) is 12.8. The van der Waals surface area contributed by atoms with Gasteiger partial charge in [0.2, 0.25) is 0 Å². The number of hydrogen-bond donors (Lipinski definition) is 2. The van der Waals surface area contributed by atoms with Gasteiger partial charge in [-0.2, -0.15) is 0 Å². The fraction of sp³-hybridized carbons (Fsp3) is 0.333. The summed E-state index contributed by atoms with van der Waals surface area (Å²) in [4.78, 5) is 15.5. The topological polar surface area (TPSA) is 79.3 Å². The van der Waals surface area contributed by atoms with E-state index in [2.05, 4.69) is 10.3 Å². The Balaban J connectivity index is 2.13. The van der Waals surface area contributed by atoms with Crippen LogP contribution in [0.4, 0.5) is 5.82 Å². The van der Waals surface area contributed by atoms with Crippen LogP contribution in [-0.2, 0) is 10.8 Å². The third-order valence-corrected chi connectivity index (χ3v) is 4.75. The van der Waals surface area contributed by atoms with Crippen LogP contribution in [0.1, 0.15) is 23.7 Å². The molecular weight excluding hydrogens is 288 g/mol. The van der Waals surface area contributed by atoms with Crippen LogP contribution in [0, 0.1) is 0 Å². The summed E-state index contributed by atoms with van der Waals surface area (Å²) in [5.74, 6) is -0.263. The molecule has 2 aromatic rings. The van der Waals surface area contributed by atoms with Gasteiger partial charge in [0.15, 0.2) is 0 Å². The van der Waals surface area contributed by atoms with Gasteiger partial charge >= 0.3 is 5.97 Å². The molecule has 0 aliphatic heterocycles. The summed E-state index contributed by atoms with van der Waals surface area (Å²) in [6.07, 6.45) is 2.49. The lowest BCUT2D eigenvalue weighted by atomic mass is 10.1. The molecule has 2 rings (SSSR count). The van der Waals surface area contributed by atoms with Crippen molar-refractivity contribution >= 4 is 33.5 Å². The summed E-state index contributed by atoms with van der Waals surface area (Å²) in [5.41, 5.74) is 0.897. The van der Waals surface area contributed by atoms with E-state index in [0.29, 0.717) is 23.3 Å². The molecule has 2 unspecified atom stereocenters. The minimum Gasteiger partial charge on any atom is -0.478 e. The van der Waals surface area contributed by atoms with Gasteiger partial charge in [-0.15, -0.1) is 0 Å². The van der Waals surface area contributed by atoms with Crippen molar-refractivity contribution in [3.63, 3.8) is 0 Å². The highest BCUT2D eigenvalue weighted by atomic mass is 32.2. The van der Waals surface area contributed by atoms with E-state index in [0.717, 1.165) is 6.42 Å². The van der Waals surface area contributed by atoms with Crippen molar-refractivity contribution in [2.24, 2.45) is 0 Å². The molecule has 0 radical (unpaired) electrons. The number of pyridine rings is 1. The molecule has 0 bridgehead atoms. The Morgan fingerprint density at radius 3 is 2.81 bits per heavy atom. The molecule has 5 nitrogen and oxygen atoms in total. The van der Waals surface area contributed by atoms with E-state index in [1.165, 1.54) is 0 Å². The van der Waals surface area contributed by atoms with E-state index in [1.54, 1.807) is 36.6 Å². The van der Waals surface area contributed by atoms with Crippen molar-refractivity contribution in [3.05, 3.63) is 35.9 Å². The summed E-state index contributed by atoms with van der Waals surface area (Å²) in [7, 11) is -0.825. The summed E-state index contributed by atoms with van der Waals surface area (Å²) in [5, 5.41) is 13.1. The highest BCUT2D eigenvalue weighted by Crippen LogP contribution is 2.19. The van der Waals surface area contributed by atoms with Gasteiger partial charge in [0.1, 0.15) is 5.82 Å². The van der Waals surface area contributed by atoms with Crippen molar-refractivity contribution < 1.29 is 14.1 Å². The second-order valence-electron chi connectivity index (χ2n) is 4.90. The first-order valence-corrected chi connectivity index (χ1v) is 8.30. The fourth-order valence-electron chi connectivity index (χ4n) is 2.01. The number of nitrogens with zero attached hydrogens (tertiary/aromatic N) is 1. The number of rotatable bonds is 6. The molecule has 0 amide bonds. The van der Waals surface area contributed by atoms with Gasteiger partial charge < -0.3 is 10.4 Å². The monoisotopic (exact) mass is 306 g/mol. The lowest BCUT2D eigenvalue weighted by molar-refractivity contribution is 0.0699. The number of aromatic nitrogens is 1. The van der Waals surface area contributed by atoms with Gasteiger partial charge in [-0.3, -0.25) is 4.21 Å². The van der Waals surface area contributed by atoms with Gasteiger partial charge in [0, 0.05) is 34.2 Å². The second-order valence-corrected chi connectivity index (χ2v) is 6.70. The lowest BCUT2D eigenvalue weighted by Gasteiger charge is -2.10. The molecule has 0 fully saturated rings. The minimum atomic E-state index is -0.956. The van der Waals surface area contributed by atoms with Crippen LogP contribution in [0.25, 0.3) is 10.9 Å². The zero-order valence-electron chi connectivity index (χ0n) is 12.0. The lowest BCUT2D eigenvalue weighted by Crippen LogP contribution is -2.15. The van der Waals surface area contributed by atoms with Crippen LogP contribution in [0.2, 0.25) is 0 Å². The van der Waals surface area contributed by atoms with Crippen molar-refractivity contribution in [2.45, 2.75) is 18.6 Å². The molecule has 0 aliphatic rings. The number of carbonyl (C=O) groups is 1. The van der Waals surface area contributed by atoms with Crippen LogP contribution in [-0.4, -0.2) is 38.3 Å². The number of aromatic carboxylic acids is 1. The zero-order chi connectivity index (χ0) is 15.4. The highest BCUT2D eigenvalue weighted by Gasteiger charge is 2.09. The SMILES string of the molecule is CC(CCNc1ccc2c(C(=O)O)cccc2n1)S(C)=O. The first kappa shape index (κ1) is 15.4. The van der Waals surface area contributed by atoms with E-state index < -0.39 is 16.8 Å². The predicted molar refractivity (Wildman–Crippen MR) is 85.3 cm³/mol. The van der Waals surface area contributed by atoms with Gasteiger partial charge in [-0.05, 0) is 30.7 Å². The smallest absolute Gasteiger partial charge is 0.336 e. The Bertz CT molecular complexity index is 688. The molecule has 0 saturated heterocycles. The molecule has 0 aliphatic carbocycles. The average molecular weight is 306 g/mol. The second kappa shape index (κ2) is 6.67. The van der Waals surface area contributed by atoms with E-state index in [9.17, 15) is 9.00 Å². The Hall–Kier alpha value is -1.95. The molecule has 112 valence electrons. The maximum absolute atomic E-state index is 11.3. The van der Waals surface area contributed by atoms with Crippen molar-refractivity contribution in [2.75, 3.05) is 18.1 Å². The van der Waals surface area contributed by atoms with Crippen LogP contribution in [0.5, 0.6) is 0 Å². The molecule has 21 heavy (non-hydrogen) atoms. The highest BCUT2D eigenvalue weighted by molar-refractivity contribution is 7.84. The van der Waals surface area contributed by atoms with Crippen LogP contribution < -0.4 is 5.32 Å². The molecule has 1 aromatic carbocycles. The largest absolute Gasteiger partial charge is 0.478 e. The third-order valence-electron chi connectivity index (χ3n) is 3.39. The number of hydrogen-bond acceptors (Lipinski definition) is 4. The number of benzene rings is 1. The predicted octanol–water partition coefficient (Wildman–Crippen LogP) is 2.50. The van der Waals surface area contributed by atoms with Crippen LogP contribution in [0.15, 0.2) is 30.3 Å². The molecular formula is C15H18N2O3S. The maximum Gasteiger partial charge on any atom is 0.336 e. The van der Waals surface area contributed by atoms with E-state index in [-0.39, 0.29) is 10.8 Å². The Labute approximate surface area is 125 Å². The fourth-order valence-corrected chi connectivity index (χ4v) is 2.46. The molecule has 0 saturated carbocycles. The van der Waals surface area contributed by atoms with Gasteiger partial charge in [0.05, 0.1) is 11.1 Å².